The molecule has 0 radical (unpaired) electrons. The number of nitrogens with one attached hydrogen (secondary N) is 1. The molecule has 0 saturated carbocycles. The summed E-state index contributed by atoms with van der Waals surface area (Å²) in [6.45, 7) is 11.4. The van der Waals surface area contributed by atoms with Gasteiger partial charge in [-0.25, -0.2) is 0 Å². The van der Waals surface area contributed by atoms with E-state index in [9.17, 15) is 0 Å². The van der Waals surface area contributed by atoms with Gasteiger partial charge in [0.05, 0.1) is 19.3 Å². The second kappa shape index (κ2) is 13.3. The monoisotopic (exact) mass is 261 g/mol. The Kier molecular flexibility index (Phi) is 13.2. The number of hydrogen-bond acceptors (Lipinski definition) is 4. The maximum Gasteiger partial charge on any atom is 0.0722 e. The summed E-state index contributed by atoms with van der Waals surface area (Å²) in [5.41, 5.74) is 0. The van der Waals surface area contributed by atoms with Gasteiger partial charge in [-0.05, 0) is 25.3 Å². The van der Waals surface area contributed by atoms with E-state index in [0.29, 0.717) is 25.2 Å². The lowest BCUT2D eigenvalue weighted by Crippen LogP contribution is -2.34. The molecule has 0 amide bonds. The molecule has 4 heteroatoms. The van der Waals surface area contributed by atoms with Crippen LogP contribution in [0.2, 0.25) is 0 Å². The fourth-order valence-electron chi connectivity index (χ4n) is 1.55. The van der Waals surface area contributed by atoms with Gasteiger partial charge in [0.1, 0.15) is 0 Å². The van der Waals surface area contributed by atoms with Crippen molar-refractivity contribution < 1.29 is 14.2 Å². The van der Waals surface area contributed by atoms with Crippen LogP contribution in [-0.2, 0) is 14.2 Å². The summed E-state index contributed by atoms with van der Waals surface area (Å²) >= 11 is 0. The zero-order valence-corrected chi connectivity index (χ0v) is 12.5. The van der Waals surface area contributed by atoms with E-state index in [1.165, 1.54) is 0 Å². The number of hydrogen-bond donors (Lipinski definition) is 1. The molecule has 0 aliphatic rings. The fourth-order valence-corrected chi connectivity index (χ4v) is 1.55. The molecule has 0 saturated heterocycles. The summed E-state index contributed by atoms with van der Waals surface area (Å²) in [4.78, 5) is 0. The highest BCUT2D eigenvalue weighted by molar-refractivity contribution is 4.65. The molecule has 0 aliphatic heterocycles. The van der Waals surface area contributed by atoms with Gasteiger partial charge in [0.15, 0.2) is 0 Å². The lowest BCUT2D eigenvalue weighted by molar-refractivity contribution is 0.00447. The quantitative estimate of drug-likeness (QED) is 0.515. The third-order valence-electron chi connectivity index (χ3n) is 2.71. The summed E-state index contributed by atoms with van der Waals surface area (Å²) in [5.74, 6) is 0.545. The average Bonchev–Trinajstić information content (AvgIpc) is 2.35. The molecule has 0 heterocycles. The first kappa shape index (κ1) is 17.8. The summed E-state index contributed by atoms with van der Waals surface area (Å²) in [7, 11) is 1.68. The van der Waals surface area contributed by atoms with E-state index < -0.39 is 0 Å². The minimum atomic E-state index is 0.301. The first-order chi connectivity index (χ1) is 8.72. The predicted molar refractivity (Wildman–Crippen MR) is 75.1 cm³/mol. The van der Waals surface area contributed by atoms with Crippen LogP contribution in [0.3, 0.4) is 0 Å². The van der Waals surface area contributed by atoms with Crippen molar-refractivity contribution >= 4 is 0 Å². The van der Waals surface area contributed by atoms with Crippen LogP contribution in [0.5, 0.6) is 0 Å². The Bertz CT molecular complexity index is 165. The van der Waals surface area contributed by atoms with Crippen LogP contribution in [0, 0.1) is 5.92 Å². The third-order valence-corrected chi connectivity index (χ3v) is 2.71. The second-order valence-corrected chi connectivity index (χ2v) is 4.82. The molecule has 18 heavy (non-hydrogen) atoms. The summed E-state index contributed by atoms with van der Waals surface area (Å²) in [5, 5.41) is 3.41. The molecular weight excluding hydrogens is 230 g/mol. The van der Waals surface area contributed by atoms with E-state index in [4.69, 9.17) is 14.2 Å². The standard InChI is InChI=1S/C14H31NO3/c1-5-7-15-12-14(13(2)3)18-9-6-8-17-11-10-16-4/h13-15H,5-12H2,1-4H3. The van der Waals surface area contributed by atoms with Crippen molar-refractivity contribution in [3.63, 3.8) is 0 Å². The van der Waals surface area contributed by atoms with Crippen LogP contribution in [-0.4, -0.2) is 52.7 Å². The Morgan fingerprint density at radius 1 is 1.06 bits per heavy atom. The normalized spacial score (nSPS) is 13.2. The van der Waals surface area contributed by atoms with Gasteiger partial charge in [0.25, 0.3) is 0 Å². The molecule has 0 spiro atoms. The SMILES string of the molecule is CCCNCC(OCCCOCCOC)C(C)C. The van der Waals surface area contributed by atoms with Crippen molar-refractivity contribution in [3.05, 3.63) is 0 Å². The molecular formula is C14H31NO3. The molecule has 1 N–H and O–H groups in total. The average molecular weight is 261 g/mol. The fraction of sp³-hybridized carbons (Fsp3) is 1.00. The van der Waals surface area contributed by atoms with E-state index >= 15 is 0 Å². The molecule has 0 aromatic carbocycles. The van der Waals surface area contributed by atoms with Crippen molar-refractivity contribution in [1.82, 2.24) is 5.32 Å². The highest BCUT2D eigenvalue weighted by Crippen LogP contribution is 2.06. The highest BCUT2D eigenvalue weighted by atomic mass is 16.5. The molecule has 1 atom stereocenters. The van der Waals surface area contributed by atoms with Gasteiger partial charge in [0.2, 0.25) is 0 Å². The molecule has 1 unspecified atom stereocenters. The predicted octanol–water partition coefficient (Wildman–Crippen LogP) is 2.08. The van der Waals surface area contributed by atoms with Gasteiger partial charge >= 0.3 is 0 Å². The Labute approximate surface area is 112 Å². The van der Waals surface area contributed by atoms with Crippen LogP contribution >= 0.6 is 0 Å². The molecule has 0 aromatic rings. The van der Waals surface area contributed by atoms with Crippen LogP contribution in [0.25, 0.3) is 0 Å². The van der Waals surface area contributed by atoms with E-state index in [1.54, 1.807) is 7.11 Å². The summed E-state index contributed by atoms with van der Waals surface area (Å²) in [6, 6.07) is 0. The lowest BCUT2D eigenvalue weighted by atomic mass is 10.1. The Balaban J connectivity index is 3.46. The number of rotatable bonds is 13. The lowest BCUT2D eigenvalue weighted by Gasteiger charge is -2.22. The van der Waals surface area contributed by atoms with Crippen LogP contribution in [0.1, 0.15) is 33.6 Å². The Morgan fingerprint density at radius 3 is 2.44 bits per heavy atom. The van der Waals surface area contributed by atoms with Gasteiger partial charge in [-0.15, -0.1) is 0 Å². The second-order valence-electron chi connectivity index (χ2n) is 4.82. The maximum atomic E-state index is 5.88. The van der Waals surface area contributed by atoms with Gasteiger partial charge in [-0.2, -0.15) is 0 Å². The molecule has 4 nitrogen and oxygen atoms in total. The Hall–Kier alpha value is -0.160. The summed E-state index contributed by atoms with van der Waals surface area (Å²) in [6.07, 6.45) is 2.41. The van der Waals surface area contributed by atoms with Crippen molar-refractivity contribution in [3.8, 4) is 0 Å². The first-order valence-electron chi connectivity index (χ1n) is 7.11. The number of ether oxygens (including phenoxy) is 3. The topological polar surface area (TPSA) is 39.7 Å². The van der Waals surface area contributed by atoms with Crippen LogP contribution in [0.4, 0.5) is 0 Å². The van der Waals surface area contributed by atoms with Gasteiger partial charge < -0.3 is 19.5 Å². The third kappa shape index (κ3) is 11.0. The van der Waals surface area contributed by atoms with E-state index in [1.807, 2.05) is 0 Å². The molecule has 0 fully saturated rings. The van der Waals surface area contributed by atoms with Gasteiger partial charge in [-0.3, -0.25) is 0 Å². The maximum absolute atomic E-state index is 5.88. The highest BCUT2D eigenvalue weighted by Gasteiger charge is 2.12. The van der Waals surface area contributed by atoms with Crippen molar-refractivity contribution in [2.75, 3.05) is 46.6 Å². The molecule has 110 valence electrons. The van der Waals surface area contributed by atoms with E-state index in [0.717, 1.165) is 39.1 Å². The summed E-state index contributed by atoms with van der Waals surface area (Å²) < 4.78 is 16.2. The van der Waals surface area contributed by atoms with Crippen molar-refractivity contribution in [1.29, 1.82) is 0 Å². The smallest absolute Gasteiger partial charge is 0.0722 e. The minimum Gasteiger partial charge on any atom is -0.382 e. The van der Waals surface area contributed by atoms with Crippen molar-refractivity contribution in [2.45, 2.75) is 39.7 Å². The Morgan fingerprint density at radius 2 is 1.83 bits per heavy atom. The zero-order valence-electron chi connectivity index (χ0n) is 12.5. The zero-order chi connectivity index (χ0) is 13.6. The number of methoxy groups -OCH3 is 1. The largest absolute Gasteiger partial charge is 0.382 e. The van der Waals surface area contributed by atoms with E-state index in [2.05, 4.69) is 26.1 Å². The van der Waals surface area contributed by atoms with Crippen LogP contribution < -0.4 is 5.32 Å². The molecule has 0 rings (SSSR count). The van der Waals surface area contributed by atoms with Crippen LogP contribution in [0.15, 0.2) is 0 Å². The van der Waals surface area contributed by atoms with Gasteiger partial charge in [0, 0.05) is 26.9 Å². The van der Waals surface area contributed by atoms with Crippen molar-refractivity contribution in [2.24, 2.45) is 5.92 Å². The molecule has 0 bridgehead atoms. The molecule has 0 aromatic heterocycles. The molecule has 0 aliphatic carbocycles. The first-order valence-corrected chi connectivity index (χ1v) is 7.11. The minimum absolute atomic E-state index is 0.301. The van der Waals surface area contributed by atoms with Gasteiger partial charge in [-0.1, -0.05) is 20.8 Å². The van der Waals surface area contributed by atoms with E-state index in [-0.39, 0.29) is 0 Å².